The van der Waals surface area contributed by atoms with Crippen LogP contribution in [0, 0.1) is 23.0 Å². The van der Waals surface area contributed by atoms with Crippen molar-refractivity contribution in [3.63, 3.8) is 0 Å². The SMILES string of the molecule is N#Cc1c(NC(=O)c2ccc(F)c(F)c2)sc2c1C(C(=O)O)CCC2. The maximum absolute atomic E-state index is 13.3. The van der Waals surface area contributed by atoms with Gasteiger partial charge in [0.1, 0.15) is 11.1 Å². The summed E-state index contributed by atoms with van der Waals surface area (Å²) in [6.45, 7) is 0. The third-order valence-corrected chi connectivity index (χ3v) is 5.27. The van der Waals surface area contributed by atoms with Gasteiger partial charge in [-0.15, -0.1) is 11.3 Å². The van der Waals surface area contributed by atoms with Crippen LogP contribution in [0.25, 0.3) is 0 Å². The predicted molar refractivity (Wildman–Crippen MR) is 86.7 cm³/mol. The van der Waals surface area contributed by atoms with E-state index < -0.39 is 29.4 Å². The smallest absolute Gasteiger partial charge is 0.311 e. The molecule has 1 heterocycles. The van der Waals surface area contributed by atoms with Gasteiger partial charge in [-0.3, -0.25) is 9.59 Å². The van der Waals surface area contributed by atoms with Gasteiger partial charge in [-0.05, 0) is 37.5 Å². The number of aryl methyl sites for hydroxylation is 1. The summed E-state index contributed by atoms with van der Waals surface area (Å²) in [4.78, 5) is 24.5. The minimum Gasteiger partial charge on any atom is -0.481 e. The van der Waals surface area contributed by atoms with Crippen LogP contribution >= 0.6 is 11.3 Å². The van der Waals surface area contributed by atoms with Crippen LogP contribution in [0.15, 0.2) is 18.2 Å². The Morgan fingerprint density at radius 1 is 1.32 bits per heavy atom. The quantitative estimate of drug-likeness (QED) is 0.872. The highest BCUT2D eigenvalue weighted by molar-refractivity contribution is 7.16. The van der Waals surface area contributed by atoms with E-state index in [0.717, 1.165) is 34.4 Å². The van der Waals surface area contributed by atoms with Gasteiger partial charge in [-0.2, -0.15) is 5.26 Å². The van der Waals surface area contributed by atoms with E-state index in [1.54, 1.807) is 0 Å². The number of carboxylic acid groups (broad SMARTS) is 1. The van der Waals surface area contributed by atoms with Crippen molar-refractivity contribution in [2.75, 3.05) is 5.32 Å². The largest absolute Gasteiger partial charge is 0.481 e. The van der Waals surface area contributed by atoms with Gasteiger partial charge in [0, 0.05) is 16.0 Å². The van der Waals surface area contributed by atoms with Crippen LogP contribution in [0.4, 0.5) is 13.8 Å². The molecule has 0 saturated carbocycles. The zero-order chi connectivity index (χ0) is 18.1. The van der Waals surface area contributed by atoms with E-state index in [4.69, 9.17) is 0 Å². The molecule has 8 heteroatoms. The summed E-state index contributed by atoms with van der Waals surface area (Å²) in [5.41, 5.74) is 0.485. The molecule has 128 valence electrons. The summed E-state index contributed by atoms with van der Waals surface area (Å²) in [5.74, 6) is -4.69. The second-order valence-corrected chi connectivity index (χ2v) is 6.73. The summed E-state index contributed by atoms with van der Waals surface area (Å²) in [6.07, 6.45) is 1.76. The Morgan fingerprint density at radius 2 is 2.08 bits per heavy atom. The molecule has 5 nitrogen and oxygen atoms in total. The molecule has 2 aromatic rings. The highest BCUT2D eigenvalue weighted by Gasteiger charge is 2.33. The molecule has 25 heavy (non-hydrogen) atoms. The minimum absolute atomic E-state index is 0.0936. The molecule has 0 saturated heterocycles. The Morgan fingerprint density at radius 3 is 2.72 bits per heavy atom. The number of anilines is 1. The average molecular weight is 362 g/mol. The number of carboxylic acids is 1. The summed E-state index contributed by atoms with van der Waals surface area (Å²) < 4.78 is 26.3. The van der Waals surface area contributed by atoms with Crippen LogP contribution in [0.3, 0.4) is 0 Å². The molecule has 0 spiro atoms. The molecule has 0 fully saturated rings. The number of thiophene rings is 1. The maximum Gasteiger partial charge on any atom is 0.311 e. The summed E-state index contributed by atoms with van der Waals surface area (Å²) in [6, 6.07) is 4.71. The lowest BCUT2D eigenvalue weighted by molar-refractivity contribution is -0.139. The molecule has 3 rings (SSSR count). The Labute approximate surface area is 145 Å². The fraction of sp³-hybridized carbons (Fsp3) is 0.235. The summed E-state index contributed by atoms with van der Waals surface area (Å²) in [7, 11) is 0. The van der Waals surface area contributed by atoms with E-state index in [-0.39, 0.29) is 16.1 Å². The van der Waals surface area contributed by atoms with Gasteiger partial charge in [-0.25, -0.2) is 8.78 Å². The first-order valence-corrected chi connectivity index (χ1v) is 8.29. The molecule has 0 bridgehead atoms. The third-order valence-electron chi connectivity index (χ3n) is 4.09. The van der Waals surface area contributed by atoms with E-state index >= 15 is 0 Å². The number of carbonyl (C=O) groups is 2. The molecule has 1 aliphatic rings. The number of aliphatic carboxylic acids is 1. The van der Waals surface area contributed by atoms with Crippen molar-refractivity contribution in [2.45, 2.75) is 25.2 Å². The van der Waals surface area contributed by atoms with E-state index in [0.29, 0.717) is 24.8 Å². The zero-order valence-corrected chi connectivity index (χ0v) is 13.6. The van der Waals surface area contributed by atoms with Crippen molar-refractivity contribution in [3.8, 4) is 6.07 Å². The lowest BCUT2D eigenvalue weighted by Crippen LogP contribution is -2.17. The van der Waals surface area contributed by atoms with Gasteiger partial charge in [-0.1, -0.05) is 0 Å². The molecule has 1 aromatic carbocycles. The number of halogens is 2. The van der Waals surface area contributed by atoms with Crippen molar-refractivity contribution in [1.82, 2.24) is 0 Å². The van der Waals surface area contributed by atoms with E-state index in [1.165, 1.54) is 0 Å². The molecule has 2 N–H and O–H groups in total. The van der Waals surface area contributed by atoms with Crippen LogP contribution in [0.5, 0.6) is 0 Å². The number of fused-ring (bicyclic) bond motifs is 1. The fourth-order valence-corrected chi connectivity index (χ4v) is 4.16. The number of hydrogen-bond donors (Lipinski definition) is 2. The van der Waals surface area contributed by atoms with Crippen molar-refractivity contribution >= 4 is 28.2 Å². The van der Waals surface area contributed by atoms with Crippen LogP contribution in [0.1, 0.15) is 45.1 Å². The minimum atomic E-state index is -1.15. The Kier molecular flexibility index (Phi) is 4.51. The van der Waals surface area contributed by atoms with Gasteiger partial charge in [0.2, 0.25) is 0 Å². The highest BCUT2D eigenvalue weighted by Crippen LogP contribution is 2.43. The Hall–Kier alpha value is -2.79. The molecule has 1 unspecified atom stereocenters. The number of nitrogens with zero attached hydrogens (tertiary/aromatic N) is 1. The lowest BCUT2D eigenvalue weighted by Gasteiger charge is -2.18. The van der Waals surface area contributed by atoms with Crippen LogP contribution in [-0.2, 0) is 11.2 Å². The molecular weight excluding hydrogens is 350 g/mol. The van der Waals surface area contributed by atoms with Crippen molar-refractivity contribution in [3.05, 3.63) is 51.4 Å². The number of hydrogen-bond acceptors (Lipinski definition) is 4. The number of amides is 1. The number of nitriles is 1. The Bertz CT molecular complexity index is 917. The monoisotopic (exact) mass is 362 g/mol. The standard InChI is InChI=1S/C17H12F2N2O3S/c18-11-5-4-8(6-12(11)19)15(22)21-16-10(7-20)14-9(17(23)24)2-1-3-13(14)25-16/h4-6,9H,1-3H2,(H,21,22)(H,23,24). The highest BCUT2D eigenvalue weighted by atomic mass is 32.1. The van der Waals surface area contributed by atoms with Crippen LogP contribution < -0.4 is 5.32 Å². The van der Waals surface area contributed by atoms with Gasteiger partial charge in [0.15, 0.2) is 11.6 Å². The van der Waals surface area contributed by atoms with Crippen molar-refractivity contribution in [2.24, 2.45) is 0 Å². The number of carbonyl (C=O) groups excluding carboxylic acids is 1. The number of benzene rings is 1. The van der Waals surface area contributed by atoms with Gasteiger partial charge < -0.3 is 10.4 Å². The second kappa shape index (κ2) is 6.61. The van der Waals surface area contributed by atoms with Crippen molar-refractivity contribution in [1.29, 1.82) is 5.26 Å². The molecule has 1 amide bonds. The van der Waals surface area contributed by atoms with Gasteiger partial charge >= 0.3 is 5.97 Å². The summed E-state index contributed by atoms with van der Waals surface area (Å²) in [5, 5.41) is 21.5. The average Bonchev–Trinajstić information content (AvgIpc) is 2.93. The normalized spacial score (nSPS) is 16.0. The fourth-order valence-electron chi connectivity index (χ4n) is 2.91. The maximum atomic E-state index is 13.3. The third kappa shape index (κ3) is 3.10. The van der Waals surface area contributed by atoms with Crippen LogP contribution in [-0.4, -0.2) is 17.0 Å². The first kappa shape index (κ1) is 17.0. The van der Waals surface area contributed by atoms with Gasteiger partial charge in [0.05, 0.1) is 11.5 Å². The summed E-state index contributed by atoms with van der Waals surface area (Å²) >= 11 is 1.15. The molecule has 1 aromatic heterocycles. The van der Waals surface area contributed by atoms with Gasteiger partial charge in [0.25, 0.3) is 5.91 Å². The van der Waals surface area contributed by atoms with E-state index in [9.17, 15) is 28.7 Å². The van der Waals surface area contributed by atoms with Crippen LogP contribution in [0.2, 0.25) is 0 Å². The molecule has 1 atom stereocenters. The zero-order valence-electron chi connectivity index (χ0n) is 12.8. The number of nitrogens with one attached hydrogen (secondary N) is 1. The first-order chi connectivity index (χ1) is 11.9. The topological polar surface area (TPSA) is 90.2 Å². The van der Waals surface area contributed by atoms with Crippen molar-refractivity contribution < 1.29 is 23.5 Å². The molecule has 0 radical (unpaired) electrons. The molecule has 0 aliphatic heterocycles. The Balaban J connectivity index is 1.96. The molecule has 1 aliphatic carbocycles. The number of rotatable bonds is 3. The first-order valence-electron chi connectivity index (χ1n) is 7.47. The second-order valence-electron chi connectivity index (χ2n) is 5.62. The van der Waals surface area contributed by atoms with E-state index in [1.807, 2.05) is 6.07 Å². The molecular formula is C17H12F2N2O3S. The lowest BCUT2D eigenvalue weighted by atomic mass is 9.85. The predicted octanol–water partition coefficient (Wildman–Crippen LogP) is 3.65. The van der Waals surface area contributed by atoms with E-state index in [2.05, 4.69) is 5.32 Å².